The Hall–Kier alpha value is -4.32. The van der Waals surface area contributed by atoms with Crippen molar-refractivity contribution in [3.05, 3.63) is 59.2 Å². The molecule has 2 N–H and O–H groups in total. The molecular weight excluding hydrogens is 504 g/mol. The number of aromatic nitrogens is 4. The van der Waals surface area contributed by atoms with Crippen molar-refractivity contribution in [1.82, 2.24) is 29.7 Å². The SMILES string of the molecule is CC(=O)N1CCC[C@H]1c1nc2ccc(C#Cc3ccc4nc([C@@H]5CCCN5C(=O)OC(C)(C)C)[nH]c4c3)cc2[nH]1. The van der Waals surface area contributed by atoms with Crippen LogP contribution in [0.5, 0.6) is 0 Å². The number of carbonyl (C=O) groups excluding carboxylic acids is 2. The van der Waals surface area contributed by atoms with Gasteiger partial charge in [-0.1, -0.05) is 11.8 Å². The number of fused-ring (bicyclic) bond motifs is 2. The lowest BCUT2D eigenvalue weighted by Crippen LogP contribution is -2.36. The quantitative estimate of drug-likeness (QED) is 0.323. The van der Waals surface area contributed by atoms with Gasteiger partial charge in [-0.2, -0.15) is 0 Å². The molecule has 9 heteroatoms. The van der Waals surface area contributed by atoms with Crippen LogP contribution in [0.15, 0.2) is 36.4 Å². The van der Waals surface area contributed by atoms with E-state index in [0.29, 0.717) is 6.54 Å². The molecule has 0 unspecified atom stereocenters. The fourth-order valence-corrected chi connectivity index (χ4v) is 5.69. The smallest absolute Gasteiger partial charge is 0.410 e. The number of amides is 2. The zero-order valence-electron chi connectivity index (χ0n) is 23.4. The fourth-order valence-electron chi connectivity index (χ4n) is 5.69. The third-order valence-corrected chi connectivity index (χ3v) is 7.52. The van der Waals surface area contributed by atoms with E-state index in [1.807, 2.05) is 62.1 Å². The summed E-state index contributed by atoms with van der Waals surface area (Å²) in [7, 11) is 0. The summed E-state index contributed by atoms with van der Waals surface area (Å²) in [5.74, 6) is 8.22. The predicted molar refractivity (Wildman–Crippen MR) is 152 cm³/mol. The van der Waals surface area contributed by atoms with Crippen LogP contribution in [0.2, 0.25) is 0 Å². The first-order valence-corrected chi connectivity index (χ1v) is 13.9. The molecular formula is C31H34N6O3. The van der Waals surface area contributed by atoms with E-state index in [1.54, 1.807) is 11.8 Å². The summed E-state index contributed by atoms with van der Waals surface area (Å²) in [5.41, 5.74) is 4.72. The molecule has 2 fully saturated rings. The van der Waals surface area contributed by atoms with Gasteiger partial charge in [-0.05, 0) is 82.9 Å². The summed E-state index contributed by atoms with van der Waals surface area (Å²) < 4.78 is 5.61. The Labute approximate surface area is 233 Å². The molecule has 2 amide bonds. The molecule has 0 saturated carbocycles. The van der Waals surface area contributed by atoms with Crippen LogP contribution >= 0.6 is 0 Å². The Morgan fingerprint density at radius 3 is 1.85 bits per heavy atom. The zero-order chi connectivity index (χ0) is 28.0. The van der Waals surface area contributed by atoms with Gasteiger partial charge in [-0.3, -0.25) is 9.69 Å². The van der Waals surface area contributed by atoms with E-state index in [0.717, 1.165) is 77.1 Å². The third-order valence-electron chi connectivity index (χ3n) is 7.52. The number of rotatable bonds is 2. The van der Waals surface area contributed by atoms with Crippen molar-refractivity contribution >= 4 is 34.1 Å². The van der Waals surface area contributed by atoms with Crippen LogP contribution in [0.3, 0.4) is 0 Å². The van der Waals surface area contributed by atoms with Gasteiger partial charge >= 0.3 is 6.09 Å². The standard InChI is InChI=1S/C31H34N6O3/c1-19(38)36-15-5-7-26(36)28-32-22-13-11-20(17-24(22)34-28)9-10-21-12-14-23-25(18-21)35-29(33-23)27-8-6-16-37(27)30(39)40-31(2,3)4/h11-14,17-18,26-27H,5-8,15-16H2,1-4H3,(H,32,34)(H,33,35)/t26-,27-/m0/s1. The largest absolute Gasteiger partial charge is 0.444 e. The molecule has 0 spiro atoms. The normalized spacial score (nSPS) is 19.3. The number of carbonyl (C=O) groups is 2. The number of H-pyrrole nitrogens is 2. The molecule has 2 aliphatic heterocycles. The number of benzene rings is 2. The molecule has 4 heterocycles. The van der Waals surface area contributed by atoms with Gasteiger partial charge in [0.1, 0.15) is 17.2 Å². The van der Waals surface area contributed by atoms with E-state index in [2.05, 4.69) is 21.8 Å². The van der Waals surface area contributed by atoms with Gasteiger partial charge in [0.25, 0.3) is 0 Å². The van der Waals surface area contributed by atoms with Crippen LogP contribution in [0.1, 0.15) is 88.2 Å². The van der Waals surface area contributed by atoms with Crippen molar-refractivity contribution < 1.29 is 14.3 Å². The number of nitrogens with one attached hydrogen (secondary N) is 2. The van der Waals surface area contributed by atoms with Crippen molar-refractivity contribution in [3.63, 3.8) is 0 Å². The van der Waals surface area contributed by atoms with Crippen LogP contribution in [0.4, 0.5) is 4.79 Å². The van der Waals surface area contributed by atoms with E-state index >= 15 is 0 Å². The van der Waals surface area contributed by atoms with E-state index in [4.69, 9.17) is 14.7 Å². The van der Waals surface area contributed by atoms with Gasteiger partial charge in [0.05, 0.1) is 34.2 Å². The van der Waals surface area contributed by atoms with E-state index in [1.165, 1.54) is 0 Å². The highest BCUT2D eigenvalue weighted by Gasteiger charge is 2.35. The van der Waals surface area contributed by atoms with E-state index in [9.17, 15) is 9.59 Å². The number of aromatic amines is 2. The molecule has 4 aromatic rings. The predicted octanol–water partition coefficient (Wildman–Crippen LogP) is 5.59. The minimum Gasteiger partial charge on any atom is -0.444 e. The Balaban J connectivity index is 1.21. The summed E-state index contributed by atoms with van der Waals surface area (Å²) in [4.78, 5) is 44.8. The molecule has 0 radical (unpaired) electrons. The molecule has 2 atom stereocenters. The number of nitrogens with zero attached hydrogens (tertiary/aromatic N) is 4. The van der Waals surface area contributed by atoms with Gasteiger partial charge < -0.3 is 19.6 Å². The van der Waals surface area contributed by atoms with Gasteiger partial charge in [0.2, 0.25) is 5.91 Å². The molecule has 9 nitrogen and oxygen atoms in total. The lowest BCUT2D eigenvalue weighted by atomic mass is 10.1. The Morgan fingerprint density at radius 1 is 0.850 bits per heavy atom. The highest BCUT2D eigenvalue weighted by molar-refractivity contribution is 5.79. The summed E-state index contributed by atoms with van der Waals surface area (Å²) in [6.07, 6.45) is 3.36. The van der Waals surface area contributed by atoms with Gasteiger partial charge in [-0.15, -0.1) is 0 Å². The van der Waals surface area contributed by atoms with E-state index < -0.39 is 5.60 Å². The van der Waals surface area contributed by atoms with Crippen molar-refractivity contribution in [2.45, 2.75) is 71.1 Å². The minimum absolute atomic E-state index is 0.00547. The maximum absolute atomic E-state index is 12.7. The van der Waals surface area contributed by atoms with Gasteiger partial charge in [-0.25, -0.2) is 14.8 Å². The molecule has 6 rings (SSSR count). The number of hydrogen-bond acceptors (Lipinski definition) is 5. The van der Waals surface area contributed by atoms with Crippen molar-refractivity contribution in [1.29, 1.82) is 0 Å². The average molecular weight is 539 g/mol. The number of hydrogen-bond donors (Lipinski definition) is 2. The van der Waals surface area contributed by atoms with E-state index in [-0.39, 0.29) is 24.1 Å². The third kappa shape index (κ3) is 5.14. The number of imidazole rings is 2. The summed E-state index contributed by atoms with van der Waals surface area (Å²) in [6, 6.07) is 11.7. The highest BCUT2D eigenvalue weighted by Crippen LogP contribution is 2.33. The van der Waals surface area contributed by atoms with Gasteiger partial charge in [0, 0.05) is 31.1 Å². The Kier molecular flexibility index (Phi) is 6.49. The molecule has 2 aromatic carbocycles. The fraction of sp³-hybridized carbons (Fsp3) is 0.419. The summed E-state index contributed by atoms with van der Waals surface area (Å²) >= 11 is 0. The van der Waals surface area contributed by atoms with Crippen LogP contribution in [0.25, 0.3) is 22.1 Å². The molecule has 0 aliphatic carbocycles. The monoisotopic (exact) mass is 538 g/mol. The van der Waals surface area contributed by atoms with Crippen molar-refractivity contribution in [2.24, 2.45) is 0 Å². The number of ether oxygens (including phenoxy) is 1. The molecule has 206 valence electrons. The first kappa shape index (κ1) is 25.9. The van der Waals surface area contributed by atoms with Crippen LogP contribution in [-0.2, 0) is 9.53 Å². The highest BCUT2D eigenvalue weighted by atomic mass is 16.6. The molecule has 2 saturated heterocycles. The molecule has 0 bridgehead atoms. The maximum atomic E-state index is 12.7. The molecule has 2 aromatic heterocycles. The van der Waals surface area contributed by atoms with Crippen LogP contribution in [0, 0.1) is 11.8 Å². The van der Waals surface area contributed by atoms with Gasteiger partial charge in [0.15, 0.2) is 0 Å². The molecule has 40 heavy (non-hydrogen) atoms. The van der Waals surface area contributed by atoms with Crippen LogP contribution in [-0.4, -0.2) is 60.4 Å². The van der Waals surface area contributed by atoms with Crippen LogP contribution < -0.4 is 0 Å². The second-order valence-electron chi connectivity index (χ2n) is 11.7. The number of likely N-dealkylation sites (tertiary alicyclic amines) is 2. The Morgan fingerprint density at radius 2 is 1.35 bits per heavy atom. The summed E-state index contributed by atoms with van der Waals surface area (Å²) in [5, 5.41) is 0. The lowest BCUT2D eigenvalue weighted by Gasteiger charge is -2.27. The first-order chi connectivity index (χ1) is 19.1. The average Bonchev–Trinajstić information content (AvgIpc) is 3.69. The second kappa shape index (κ2) is 10.0. The molecule has 2 aliphatic rings. The second-order valence-corrected chi connectivity index (χ2v) is 11.7. The first-order valence-electron chi connectivity index (χ1n) is 13.9. The maximum Gasteiger partial charge on any atom is 0.410 e. The zero-order valence-corrected chi connectivity index (χ0v) is 23.4. The van der Waals surface area contributed by atoms with Crippen molar-refractivity contribution in [3.8, 4) is 11.8 Å². The topological polar surface area (TPSA) is 107 Å². The minimum atomic E-state index is -0.539. The lowest BCUT2D eigenvalue weighted by molar-refractivity contribution is -0.129. The van der Waals surface area contributed by atoms with Crippen molar-refractivity contribution in [2.75, 3.05) is 13.1 Å². The summed E-state index contributed by atoms with van der Waals surface area (Å²) in [6.45, 7) is 8.68. The Bertz CT molecular complexity index is 1670.